The van der Waals surface area contributed by atoms with Crippen LogP contribution in [0.4, 0.5) is 5.95 Å². The van der Waals surface area contributed by atoms with E-state index in [0.29, 0.717) is 12.5 Å². The van der Waals surface area contributed by atoms with Gasteiger partial charge in [0.05, 0.1) is 0 Å². The number of ether oxygens (including phenoxy) is 1. The lowest BCUT2D eigenvalue weighted by molar-refractivity contribution is 0.348. The van der Waals surface area contributed by atoms with Gasteiger partial charge in [-0.2, -0.15) is 4.98 Å². The lowest BCUT2D eigenvalue weighted by atomic mass is 10.4. The molecule has 0 saturated carbocycles. The van der Waals surface area contributed by atoms with Crippen molar-refractivity contribution in [1.82, 2.24) is 9.97 Å². The average Bonchev–Trinajstić information content (AvgIpc) is 2.03. The Kier molecular flexibility index (Phi) is 3.25. The van der Waals surface area contributed by atoms with Crippen LogP contribution in [0.1, 0.15) is 12.6 Å². The molecule has 0 aliphatic heterocycles. The maximum absolute atomic E-state index is 5.44. The van der Waals surface area contributed by atoms with Crippen molar-refractivity contribution in [3.8, 4) is 5.88 Å². The third-order valence-corrected chi connectivity index (χ3v) is 1.41. The molecule has 13 heavy (non-hydrogen) atoms. The van der Waals surface area contributed by atoms with E-state index in [2.05, 4.69) is 9.97 Å². The maximum atomic E-state index is 5.44. The van der Waals surface area contributed by atoms with Crippen molar-refractivity contribution in [1.29, 1.82) is 0 Å². The summed E-state index contributed by atoms with van der Waals surface area (Å²) in [5.74, 6) is 0.763. The smallest absolute Gasteiger partial charge is 0.223 e. The SMILES string of the molecule is C/C=C/COc1cc(C)nc(N)n1. The molecule has 0 aliphatic carbocycles. The third kappa shape index (κ3) is 3.11. The molecule has 1 aromatic rings. The first-order chi connectivity index (χ1) is 6.22. The van der Waals surface area contributed by atoms with Crippen LogP contribution < -0.4 is 10.5 Å². The summed E-state index contributed by atoms with van der Waals surface area (Å²) in [7, 11) is 0. The Morgan fingerprint density at radius 2 is 2.31 bits per heavy atom. The fourth-order valence-electron chi connectivity index (χ4n) is 0.865. The van der Waals surface area contributed by atoms with Gasteiger partial charge in [0.15, 0.2) is 0 Å². The van der Waals surface area contributed by atoms with Crippen molar-refractivity contribution in [2.45, 2.75) is 13.8 Å². The van der Waals surface area contributed by atoms with Gasteiger partial charge in [-0.25, -0.2) is 4.98 Å². The number of nitrogens with two attached hydrogens (primary N) is 1. The summed E-state index contributed by atoms with van der Waals surface area (Å²) in [5, 5.41) is 0. The minimum absolute atomic E-state index is 0.246. The van der Waals surface area contributed by atoms with Crippen LogP contribution in [0.3, 0.4) is 0 Å². The van der Waals surface area contributed by atoms with Gasteiger partial charge in [0, 0.05) is 11.8 Å². The van der Waals surface area contributed by atoms with Gasteiger partial charge in [0.1, 0.15) is 6.61 Å². The summed E-state index contributed by atoms with van der Waals surface area (Å²) < 4.78 is 5.29. The highest BCUT2D eigenvalue weighted by Gasteiger charge is 1.98. The predicted molar refractivity (Wildman–Crippen MR) is 51.5 cm³/mol. The van der Waals surface area contributed by atoms with E-state index in [1.54, 1.807) is 6.07 Å². The van der Waals surface area contributed by atoms with E-state index in [-0.39, 0.29) is 5.95 Å². The average molecular weight is 179 g/mol. The normalized spacial score (nSPS) is 10.6. The number of anilines is 1. The molecule has 0 aliphatic rings. The Hall–Kier alpha value is -1.58. The quantitative estimate of drug-likeness (QED) is 0.711. The first kappa shape index (κ1) is 9.51. The van der Waals surface area contributed by atoms with E-state index >= 15 is 0 Å². The van der Waals surface area contributed by atoms with Crippen molar-refractivity contribution in [3.05, 3.63) is 23.9 Å². The van der Waals surface area contributed by atoms with Gasteiger partial charge in [-0.3, -0.25) is 0 Å². The third-order valence-electron chi connectivity index (χ3n) is 1.41. The molecule has 4 nitrogen and oxygen atoms in total. The second-order valence-corrected chi connectivity index (χ2v) is 2.59. The zero-order chi connectivity index (χ0) is 9.68. The number of allylic oxidation sites excluding steroid dienone is 1. The summed E-state index contributed by atoms with van der Waals surface area (Å²) in [6.45, 7) is 4.29. The van der Waals surface area contributed by atoms with Crippen LogP contribution in [0.25, 0.3) is 0 Å². The largest absolute Gasteiger partial charge is 0.473 e. The van der Waals surface area contributed by atoms with E-state index in [9.17, 15) is 0 Å². The van der Waals surface area contributed by atoms with Crippen LogP contribution >= 0.6 is 0 Å². The number of rotatable bonds is 3. The summed E-state index contributed by atoms with van der Waals surface area (Å²) in [4.78, 5) is 7.85. The van der Waals surface area contributed by atoms with E-state index < -0.39 is 0 Å². The molecule has 1 aromatic heterocycles. The van der Waals surface area contributed by atoms with Crippen LogP contribution in [0.15, 0.2) is 18.2 Å². The number of aromatic nitrogens is 2. The first-order valence-electron chi connectivity index (χ1n) is 4.07. The molecule has 0 radical (unpaired) electrons. The van der Waals surface area contributed by atoms with Gasteiger partial charge in [0.2, 0.25) is 11.8 Å². The van der Waals surface area contributed by atoms with Gasteiger partial charge in [-0.1, -0.05) is 12.2 Å². The number of aryl methyl sites for hydroxylation is 1. The van der Waals surface area contributed by atoms with E-state index in [1.165, 1.54) is 0 Å². The van der Waals surface area contributed by atoms with Crippen LogP contribution in [0, 0.1) is 6.92 Å². The fraction of sp³-hybridized carbons (Fsp3) is 0.333. The number of hydrogen-bond donors (Lipinski definition) is 1. The van der Waals surface area contributed by atoms with Crippen molar-refractivity contribution in [2.75, 3.05) is 12.3 Å². The molecule has 0 unspecified atom stereocenters. The second-order valence-electron chi connectivity index (χ2n) is 2.59. The Labute approximate surface area is 77.5 Å². The first-order valence-corrected chi connectivity index (χ1v) is 4.07. The summed E-state index contributed by atoms with van der Waals surface area (Å²) in [6, 6.07) is 1.75. The molecule has 0 spiro atoms. The lowest BCUT2D eigenvalue weighted by Crippen LogP contribution is -2.01. The van der Waals surface area contributed by atoms with Crippen LogP contribution in [0.2, 0.25) is 0 Å². The van der Waals surface area contributed by atoms with Crippen molar-refractivity contribution < 1.29 is 4.74 Å². The van der Waals surface area contributed by atoms with Crippen molar-refractivity contribution in [3.63, 3.8) is 0 Å². The molecule has 70 valence electrons. The van der Waals surface area contributed by atoms with Crippen molar-refractivity contribution in [2.24, 2.45) is 0 Å². The Bertz CT molecular complexity index is 289. The maximum Gasteiger partial charge on any atom is 0.223 e. The van der Waals surface area contributed by atoms with Gasteiger partial charge < -0.3 is 10.5 Å². The van der Waals surface area contributed by atoms with Gasteiger partial charge in [-0.05, 0) is 13.8 Å². The Morgan fingerprint density at radius 3 is 2.92 bits per heavy atom. The van der Waals surface area contributed by atoms with Crippen molar-refractivity contribution >= 4 is 5.95 Å². The molecule has 0 amide bonds. The molecule has 0 fully saturated rings. The molecule has 4 heteroatoms. The van der Waals surface area contributed by atoms with E-state index in [0.717, 1.165) is 5.69 Å². The highest BCUT2D eigenvalue weighted by atomic mass is 16.5. The highest BCUT2D eigenvalue weighted by Crippen LogP contribution is 2.09. The predicted octanol–water partition coefficient (Wildman–Crippen LogP) is 1.32. The van der Waals surface area contributed by atoms with Crippen LogP contribution in [-0.4, -0.2) is 16.6 Å². The molecule has 1 rings (SSSR count). The standard InChI is InChI=1S/C9H13N3O/c1-3-4-5-13-8-6-7(2)11-9(10)12-8/h3-4,6H,5H2,1-2H3,(H2,10,11,12)/b4-3+. The fourth-order valence-corrected chi connectivity index (χ4v) is 0.865. The molecule has 0 aromatic carbocycles. The minimum atomic E-state index is 0.246. The Morgan fingerprint density at radius 1 is 1.54 bits per heavy atom. The van der Waals surface area contributed by atoms with Crippen LogP contribution in [0.5, 0.6) is 5.88 Å². The zero-order valence-corrected chi connectivity index (χ0v) is 7.82. The number of nitrogen functional groups attached to an aromatic ring is 1. The zero-order valence-electron chi connectivity index (χ0n) is 7.82. The van der Waals surface area contributed by atoms with Gasteiger partial charge in [-0.15, -0.1) is 0 Å². The minimum Gasteiger partial charge on any atom is -0.473 e. The summed E-state index contributed by atoms with van der Waals surface area (Å²) in [6.07, 6.45) is 3.81. The molecule has 0 atom stereocenters. The van der Waals surface area contributed by atoms with E-state index in [1.807, 2.05) is 26.0 Å². The van der Waals surface area contributed by atoms with Crippen LogP contribution in [-0.2, 0) is 0 Å². The molecule has 2 N–H and O–H groups in total. The lowest BCUT2D eigenvalue weighted by Gasteiger charge is -2.03. The summed E-state index contributed by atoms with van der Waals surface area (Å²) in [5.41, 5.74) is 6.25. The topological polar surface area (TPSA) is 61.0 Å². The van der Waals surface area contributed by atoms with E-state index in [4.69, 9.17) is 10.5 Å². The number of nitrogens with zero attached hydrogens (tertiary/aromatic N) is 2. The number of hydrogen-bond acceptors (Lipinski definition) is 4. The van der Waals surface area contributed by atoms with Gasteiger partial charge in [0.25, 0.3) is 0 Å². The second kappa shape index (κ2) is 4.45. The highest BCUT2D eigenvalue weighted by molar-refractivity contribution is 5.25. The molecule has 0 bridgehead atoms. The van der Waals surface area contributed by atoms with Gasteiger partial charge >= 0.3 is 0 Å². The monoisotopic (exact) mass is 179 g/mol. The molecule has 0 saturated heterocycles. The molecular weight excluding hydrogens is 166 g/mol. The molecular formula is C9H13N3O. The Balaban J connectivity index is 2.66. The molecule has 1 heterocycles. The summed E-state index contributed by atoms with van der Waals surface area (Å²) >= 11 is 0.